The fourth-order valence-electron chi connectivity index (χ4n) is 1.45. The van der Waals surface area contributed by atoms with Gasteiger partial charge in [0.05, 0.1) is 0 Å². The van der Waals surface area contributed by atoms with Crippen molar-refractivity contribution in [3.8, 4) is 0 Å². The lowest BCUT2D eigenvalue weighted by Gasteiger charge is -2.08. The highest BCUT2D eigenvalue weighted by Gasteiger charge is 2.21. The molecule has 0 saturated heterocycles. The molecule has 2 aromatic rings. The molecule has 0 unspecified atom stereocenters. The van der Waals surface area contributed by atoms with Crippen LogP contribution in [0.4, 0.5) is 29.1 Å². The first kappa shape index (κ1) is 14.7. The number of anilines is 2. The molecule has 0 saturated carbocycles. The van der Waals surface area contributed by atoms with Crippen molar-refractivity contribution in [2.24, 2.45) is 0 Å². The minimum Gasteiger partial charge on any atom is -0.372 e. The standard InChI is InChI=1S/C12H8F4N4O/c1-17-8-3-2-7(19-20-8)12(21)18-11-9(15)5(13)4-6(14)10(11)16/h2-4H,1H3,(H,17,20)(H,18,21). The molecule has 2 rings (SSSR count). The van der Waals surface area contributed by atoms with Crippen molar-refractivity contribution >= 4 is 17.4 Å². The zero-order valence-electron chi connectivity index (χ0n) is 10.5. The van der Waals surface area contributed by atoms with Crippen molar-refractivity contribution in [1.29, 1.82) is 0 Å². The molecule has 1 aromatic carbocycles. The van der Waals surface area contributed by atoms with Gasteiger partial charge in [0.1, 0.15) is 11.5 Å². The second kappa shape index (κ2) is 5.73. The summed E-state index contributed by atoms with van der Waals surface area (Å²) in [5.41, 5.74) is -1.51. The molecule has 9 heteroatoms. The van der Waals surface area contributed by atoms with Gasteiger partial charge in [0, 0.05) is 13.1 Å². The molecule has 0 atom stereocenters. The fourth-order valence-corrected chi connectivity index (χ4v) is 1.45. The first-order valence-corrected chi connectivity index (χ1v) is 5.60. The molecule has 0 radical (unpaired) electrons. The summed E-state index contributed by atoms with van der Waals surface area (Å²) in [5, 5.41) is 11.4. The molecule has 0 bridgehead atoms. The molecule has 21 heavy (non-hydrogen) atoms. The zero-order valence-corrected chi connectivity index (χ0v) is 10.5. The van der Waals surface area contributed by atoms with Gasteiger partial charge in [-0.05, 0) is 12.1 Å². The van der Waals surface area contributed by atoms with Crippen molar-refractivity contribution in [3.05, 3.63) is 47.2 Å². The maximum absolute atomic E-state index is 13.4. The fraction of sp³-hybridized carbons (Fsp3) is 0.0833. The number of nitrogens with one attached hydrogen (secondary N) is 2. The molecule has 1 aromatic heterocycles. The van der Waals surface area contributed by atoms with Crippen LogP contribution in [0.1, 0.15) is 10.5 Å². The highest BCUT2D eigenvalue weighted by molar-refractivity contribution is 6.02. The van der Waals surface area contributed by atoms with Crippen LogP contribution in [0, 0.1) is 23.3 Å². The number of carbonyl (C=O) groups is 1. The van der Waals surface area contributed by atoms with Crippen molar-refractivity contribution in [3.63, 3.8) is 0 Å². The Bertz CT molecular complexity index is 664. The highest BCUT2D eigenvalue weighted by Crippen LogP contribution is 2.24. The second-order valence-electron chi connectivity index (χ2n) is 3.85. The molecule has 0 spiro atoms. The Hall–Kier alpha value is -2.71. The Morgan fingerprint density at radius 2 is 1.67 bits per heavy atom. The number of amides is 1. The van der Waals surface area contributed by atoms with Crippen LogP contribution < -0.4 is 10.6 Å². The molecule has 0 fully saturated rings. The number of nitrogens with zero attached hydrogens (tertiary/aromatic N) is 2. The third-order valence-electron chi connectivity index (χ3n) is 2.50. The smallest absolute Gasteiger partial charge is 0.276 e. The van der Waals surface area contributed by atoms with E-state index in [1.165, 1.54) is 12.1 Å². The van der Waals surface area contributed by atoms with Crippen molar-refractivity contribution in [1.82, 2.24) is 10.2 Å². The van der Waals surface area contributed by atoms with Crippen LogP contribution >= 0.6 is 0 Å². The highest BCUT2D eigenvalue weighted by atomic mass is 19.2. The molecular formula is C12H8F4N4O. The van der Waals surface area contributed by atoms with Crippen LogP contribution in [0.25, 0.3) is 0 Å². The summed E-state index contributed by atoms with van der Waals surface area (Å²) in [7, 11) is 1.57. The van der Waals surface area contributed by atoms with Crippen LogP contribution in [0.15, 0.2) is 18.2 Å². The molecule has 0 aliphatic rings. The molecule has 0 aliphatic carbocycles. The van der Waals surface area contributed by atoms with Gasteiger partial charge in [0.25, 0.3) is 5.91 Å². The summed E-state index contributed by atoms with van der Waals surface area (Å²) in [6, 6.07) is 2.66. The number of rotatable bonds is 3. The van der Waals surface area contributed by atoms with Gasteiger partial charge >= 0.3 is 0 Å². The molecule has 0 aliphatic heterocycles. The van der Waals surface area contributed by atoms with E-state index in [4.69, 9.17) is 0 Å². The number of halogens is 4. The lowest BCUT2D eigenvalue weighted by atomic mass is 10.2. The van der Waals surface area contributed by atoms with Gasteiger partial charge in [-0.25, -0.2) is 17.6 Å². The van der Waals surface area contributed by atoms with Gasteiger partial charge in [-0.3, -0.25) is 4.79 Å². The van der Waals surface area contributed by atoms with Crippen LogP contribution in [-0.2, 0) is 0 Å². The van der Waals surface area contributed by atoms with Gasteiger partial charge in [0.15, 0.2) is 29.0 Å². The van der Waals surface area contributed by atoms with E-state index < -0.39 is 34.9 Å². The van der Waals surface area contributed by atoms with Crippen molar-refractivity contribution in [2.75, 3.05) is 17.7 Å². The van der Waals surface area contributed by atoms with Crippen molar-refractivity contribution in [2.45, 2.75) is 0 Å². The summed E-state index contributed by atoms with van der Waals surface area (Å²) in [5.74, 6) is -7.36. The first-order valence-electron chi connectivity index (χ1n) is 5.60. The molecule has 1 heterocycles. The van der Waals surface area contributed by atoms with E-state index >= 15 is 0 Å². The summed E-state index contributed by atoms with van der Waals surface area (Å²) in [4.78, 5) is 11.7. The SMILES string of the molecule is CNc1ccc(C(=O)Nc2c(F)c(F)cc(F)c2F)nn1. The lowest BCUT2D eigenvalue weighted by Crippen LogP contribution is -2.17. The molecule has 5 nitrogen and oxygen atoms in total. The minimum absolute atomic E-state index is 0.0435. The Kier molecular flexibility index (Phi) is 4.01. The molecule has 2 N–H and O–H groups in total. The van der Waals surface area contributed by atoms with E-state index in [0.717, 1.165) is 0 Å². The van der Waals surface area contributed by atoms with Gasteiger partial charge < -0.3 is 10.6 Å². The summed E-state index contributed by atoms with van der Waals surface area (Å²) in [6.45, 7) is 0. The normalized spacial score (nSPS) is 10.3. The predicted molar refractivity (Wildman–Crippen MR) is 65.8 cm³/mol. The van der Waals surface area contributed by atoms with Crippen LogP contribution in [-0.4, -0.2) is 23.2 Å². The average Bonchev–Trinajstić information content (AvgIpc) is 2.49. The topological polar surface area (TPSA) is 66.9 Å². The maximum atomic E-state index is 13.4. The van der Waals surface area contributed by atoms with Crippen LogP contribution in [0.2, 0.25) is 0 Å². The zero-order chi connectivity index (χ0) is 15.6. The summed E-state index contributed by atoms with van der Waals surface area (Å²) < 4.78 is 52.8. The molecule has 110 valence electrons. The minimum atomic E-state index is -1.71. The Morgan fingerprint density at radius 1 is 1.05 bits per heavy atom. The third kappa shape index (κ3) is 2.91. The lowest BCUT2D eigenvalue weighted by molar-refractivity contribution is 0.102. The number of benzene rings is 1. The number of hydrogen-bond acceptors (Lipinski definition) is 4. The summed E-state index contributed by atoms with van der Waals surface area (Å²) >= 11 is 0. The molecular weight excluding hydrogens is 292 g/mol. The number of carbonyl (C=O) groups excluding carboxylic acids is 1. The first-order chi connectivity index (χ1) is 9.93. The van der Waals surface area contributed by atoms with Crippen LogP contribution in [0.3, 0.4) is 0 Å². The number of aromatic nitrogens is 2. The second-order valence-corrected chi connectivity index (χ2v) is 3.85. The van der Waals surface area contributed by atoms with Gasteiger partial charge in [0.2, 0.25) is 0 Å². The Labute approximate surface area is 116 Å². The van der Waals surface area contributed by atoms with Gasteiger partial charge in [-0.2, -0.15) is 0 Å². The predicted octanol–water partition coefficient (Wildman–Crippen LogP) is 2.33. The summed E-state index contributed by atoms with van der Waals surface area (Å²) in [6.07, 6.45) is 0. The van der Waals surface area contributed by atoms with E-state index in [1.54, 1.807) is 12.4 Å². The third-order valence-corrected chi connectivity index (χ3v) is 2.50. The molecule has 1 amide bonds. The number of hydrogen-bond donors (Lipinski definition) is 2. The van der Waals surface area contributed by atoms with Crippen molar-refractivity contribution < 1.29 is 22.4 Å². The monoisotopic (exact) mass is 300 g/mol. The van der Waals surface area contributed by atoms with E-state index in [0.29, 0.717) is 5.82 Å². The largest absolute Gasteiger partial charge is 0.372 e. The van der Waals surface area contributed by atoms with E-state index in [-0.39, 0.29) is 11.8 Å². The van der Waals surface area contributed by atoms with Gasteiger partial charge in [-0.1, -0.05) is 0 Å². The van der Waals surface area contributed by atoms with E-state index in [1.807, 2.05) is 0 Å². The van der Waals surface area contributed by atoms with Gasteiger partial charge in [-0.15, -0.1) is 10.2 Å². The van der Waals surface area contributed by atoms with Crippen LogP contribution in [0.5, 0.6) is 0 Å². The van der Waals surface area contributed by atoms with E-state index in [9.17, 15) is 22.4 Å². The Morgan fingerprint density at radius 3 is 2.14 bits per heavy atom. The quantitative estimate of drug-likeness (QED) is 0.674. The average molecular weight is 300 g/mol. The Balaban J connectivity index is 2.31. The van der Waals surface area contributed by atoms with E-state index in [2.05, 4.69) is 15.5 Å². The maximum Gasteiger partial charge on any atom is 0.276 e.